The molecule has 228 valence electrons. The third kappa shape index (κ3) is 4.21. The second-order valence-corrected chi connectivity index (χ2v) is 16.5. The first-order chi connectivity index (χ1) is 20.8. The molecule has 2 amide bonds. The van der Waals surface area contributed by atoms with Crippen molar-refractivity contribution in [3.63, 3.8) is 0 Å². The number of fused-ring (bicyclic) bond motifs is 3. The molecule has 0 radical (unpaired) electrons. The fourth-order valence-electron chi connectivity index (χ4n) is 9.77. The number of benzene rings is 1. The third-order valence-electron chi connectivity index (χ3n) is 11.6. The number of amides is 2. The summed E-state index contributed by atoms with van der Waals surface area (Å²) < 4.78 is 27.4. The Morgan fingerprint density at radius 3 is 2.35 bits per heavy atom. The lowest BCUT2D eigenvalue weighted by molar-refractivity contribution is -0.136. The number of sulfonamides is 1. The average Bonchev–Trinajstić information content (AvgIpc) is 3.67. The number of para-hydroxylation sites is 2. The minimum absolute atomic E-state index is 0.0401. The van der Waals surface area contributed by atoms with E-state index in [1.165, 1.54) is 0 Å². The summed E-state index contributed by atoms with van der Waals surface area (Å²) in [7, 11) is -3.14. The average molecular weight is 605 g/mol. The van der Waals surface area contributed by atoms with Crippen molar-refractivity contribution in [3.05, 3.63) is 42.6 Å². The molecule has 1 aromatic carbocycles. The van der Waals surface area contributed by atoms with E-state index in [0.29, 0.717) is 37.4 Å². The van der Waals surface area contributed by atoms with E-state index in [1.807, 2.05) is 35.4 Å². The first-order valence-electron chi connectivity index (χ1n) is 16.2. The highest BCUT2D eigenvalue weighted by atomic mass is 32.2. The number of piperazine rings is 1. The fourth-order valence-corrected chi connectivity index (χ4v) is 11.8. The van der Waals surface area contributed by atoms with Gasteiger partial charge >= 0.3 is 6.03 Å². The maximum Gasteiger partial charge on any atom is 0.322 e. The van der Waals surface area contributed by atoms with Gasteiger partial charge in [-0.15, -0.1) is 0 Å². The van der Waals surface area contributed by atoms with Crippen LogP contribution in [0.25, 0.3) is 0 Å². The number of anilines is 4. The zero-order chi connectivity index (χ0) is 29.1. The van der Waals surface area contributed by atoms with Gasteiger partial charge in [-0.25, -0.2) is 18.2 Å². The van der Waals surface area contributed by atoms with Crippen LogP contribution in [-0.2, 0) is 10.0 Å². The molecular formula is C32H40N6O4S. The quantitative estimate of drug-likeness (QED) is 0.538. The number of carbonyl (C=O) groups excluding carboxylic acids is 1. The number of nitrogens with zero attached hydrogens (tertiary/aromatic N) is 5. The minimum Gasteiger partial charge on any atom is -0.390 e. The molecule has 8 aliphatic rings. The van der Waals surface area contributed by atoms with Gasteiger partial charge < -0.3 is 20.2 Å². The van der Waals surface area contributed by atoms with E-state index in [1.54, 1.807) is 4.31 Å². The second-order valence-electron chi connectivity index (χ2n) is 14.3. The Balaban J connectivity index is 0.898. The number of hydrogen-bond donors (Lipinski definition) is 2. The lowest BCUT2D eigenvalue weighted by Gasteiger charge is -2.58. The normalized spacial score (nSPS) is 36.3. The summed E-state index contributed by atoms with van der Waals surface area (Å²) in [6.07, 6.45) is 9.21. The lowest BCUT2D eigenvalue weighted by Crippen LogP contribution is -2.63. The Kier molecular flexibility index (Phi) is 5.74. The molecule has 2 N–H and O–H groups in total. The molecule has 43 heavy (non-hydrogen) atoms. The van der Waals surface area contributed by atoms with Gasteiger partial charge in [0.25, 0.3) is 0 Å². The SMILES string of the molecule is O=C(NC1C2CC3CC1CC(O)(C3)C2)N1CCN(c2ccc(N3C[C@H]4C[C@H]3CN4S(=O)(=O)C3CC3)cn2)c2ccccc21. The van der Waals surface area contributed by atoms with Crippen LogP contribution in [0.3, 0.4) is 0 Å². The number of aliphatic hydroxyl groups is 1. The topological polar surface area (TPSA) is 109 Å². The molecule has 10 rings (SSSR count). The standard InChI is InChI=1S/C32H40N6O4S/c39-31(34-30-21-11-20-12-22(30)16-32(40,14-20)15-21)36-10-9-35(27-3-1-2-4-28(27)36)29-8-5-23(17-33-29)37-18-25-13-24(37)19-38(25)43(41,42)26-6-7-26/h1-5,8,17,20-22,24-26,30,40H,6-7,9-16,18-19H2,(H,34,39)/t20?,21?,22?,24-,25+,30?,32?/m0/s1. The Morgan fingerprint density at radius 2 is 1.70 bits per heavy atom. The largest absolute Gasteiger partial charge is 0.390 e. The van der Waals surface area contributed by atoms with Crippen LogP contribution in [0.2, 0.25) is 0 Å². The van der Waals surface area contributed by atoms with Gasteiger partial charge in [0.2, 0.25) is 10.0 Å². The summed E-state index contributed by atoms with van der Waals surface area (Å²) in [4.78, 5) is 25.0. The van der Waals surface area contributed by atoms with Crippen LogP contribution in [0, 0.1) is 17.8 Å². The molecule has 5 saturated carbocycles. The van der Waals surface area contributed by atoms with E-state index >= 15 is 0 Å². The fraction of sp³-hybridized carbons (Fsp3) is 0.625. The Bertz CT molecular complexity index is 1550. The van der Waals surface area contributed by atoms with E-state index in [0.717, 1.165) is 80.8 Å². The van der Waals surface area contributed by atoms with Gasteiger partial charge in [-0.1, -0.05) is 12.1 Å². The van der Waals surface area contributed by atoms with Gasteiger partial charge in [-0.05, 0) is 93.4 Å². The molecule has 4 heterocycles. The van der Waals surface area contributed by atoms with E-state index < -0.39 is 15.6 Å². The van der Waals surface area contributed by atoms with Gasteiger partial charge in [0.05, 0.1) is 34.1 Å². The molecular weight excluding hydrogens is 564 g/mol. The van der Waals surface area contributed by atoms with Crippen LogP contribution in [0.4, 0.5) is 27.7 Å². The molecule has 2 aromatic rings. The van der Waals surface area contributed by atoms with Crippen molar-refractivity contribution in [1.29, 1.82) is 0 Å². The zero-order valence-corrected chi connectivity index (χ0v) is 25.2. The molecule has 7 fully saturated rings. The first-order valence-corrected chi connectivity index (χ1v) is 17.7. The summed E-state index contributed by atoms with van der Waals surface area (Å²) in [6, 6.07) is 12.6. The van der Waals surface area contributed by atoms with Crippen molar-refractivity contribution < 1.29 is 18.3 Å². The van der Waals surface area contributed by atoms with Gasteiger partial charge in [-0.2, -0.15) is 4.31 Å². The smallest absolute Gasteiger partial charge is 0.322 e. The minimum atomic E-state index is -3.14. The molecule has 4 atom stereocenters. The third-order valence-corrected chi connectivity index (χ3v) is 14.0. The van der Waals surface area contributed by atoms with E-state index in [2.05, 4.69) is 27.2 Å². The molecule has 6 bridgehead atoms. The van der Waals surface area contributed by atoms with Crippen LogP contribution in [0.15, 0.2) is 42.6 Å². The number of carbonyl (C=O) groups is 1. The number of hydrogen-bond acceptors (Lipinski definition) is 7. The lowest BCUT2D eigenvalue weighted by atomic mass is 9.52. The monoisotopic (exact) mass is 604 g/mol. The highest BCUT2D eigenvalue weighted by Gasteiger charge is 2.55. The van der Waals surface area contributed by atoms with E-state index in [-0.39, 0.29) is 29.4 Å². The summed E-state index contributed by atoms with van der Waals surface area (Å²) in [5.74, 6) is 2.19. The van der Waals surface area contributed by atoms with Crippen molar-refractivity contribution in [2.45, 2.75) is 80.3 Å². The molecule has 10 nitrogen and oxygen atoms in total. The zero-order valence-electron chi connectivity index (χ0n) is 24.4. The second kappa shape index (κ2) is 9.31. The van der Waals surface area contributed by atoms with E-state index in [9.17, 15) is 18.3 Å². The van der Waals surface area contributed by atoms with Crippen molar-refractivity contribution in [1.82, 2.24) is 14.6 Å². The van der Waals surface area contributed by atoms with Gasteiger partial charge in [-0.3, -0.25) is 4.90 Å². The Morgan fingerprint density at radius 1 is 0.930 bits per heavy atom. The van der Waals surface area contributed by atoms with Gasteiger partial charge in [0, 0.05) is 44.3 Å². The van der Waals surface area contributed by atoms with Crippen molar-refractivity contribution in [2.24, 2.45) is 17.8 Å². The highest BCUT2D eigenvalue weighted by molar-refractivity contribution is 7.90. The predicted octanol–water partition coefficient (Wildman–Crippen LogP) is 3.44. The molecule has 11 heteroatoms. The summed E-state index contributed by atoms with van der Waals surface area (Å²) in [5, 5.41) is 14.2. The molecule has 5 aliphatic carbocycles. The predicted molar refractivity (Wildman–Crippen MR) is 164 cm³/mol. The number of nitrogens with one attached hydrogen (secondary N) is 1. The van der Waals surface area contributed by atoms with Crippen molar-refractivity contribution in [3.8, 4) is 0 Å². The van der Waals surface area contributed by atoms with E-state index in [4.69, 9.17) is 4.98 Å². The first kappa shape index (κ1) is 26.5. The summed E-state index contributed by atoms with van der Waals surface area (Å²) >= 11 is 0. The molecule has 3 aliphatic heterocycles. The molecule has 1 aromatic heterocycles. The Hall–Kier alpha value is -2.89. The van der Waals surface area contributed by atoms with Gasteiger partial charge in [0.15, 0.2) is 0 Å². The number of aromatic nitrogens is 1. The van der Waals surface area contributed by atoms with Crippen LogP contribution in [0.1, 0.15) is 51.4 Å². The van der Waals surface area contributed by atoms with Crippen LogP contribution in [-0.4, -0.2) is 84.0 Å². The number of pyridine rings is 1. The van der Waals surface area contributed by atoms with Crippen molar-refractivity contribution in [2.75, 3.05) is 40.9 Å². The Labute approximate surface area is 253 Å². The molecule has 0 spiro atoms. The number of urea groups is 1. The summed E-state index contributed by atoms with van der Waals surface area (Å²) in [6.45, 7) is 2.49. The van der Waals surface area contributed by atoms with Crippen LogP contribution in [0.5, 0.6) is 0 Å². The van der Waals surface area contributed by atoms with Crippen LogP contribution >= 0.6 is 0 Å². The molecule has 2 unspecified atom stereocenters. The van der Waals surface area contributed by atoms with Crippen LogP contribution < -0.4 is 20.0 Å². The van der Waals surface area contributed by atoms with Gasteiger partial charge in [0.1, 0.15) is 5.82 Å². The van der Waals surface area contributed by atoms with Crippen molar-refractivity contribution >= 4 is 38.9 Å². The summed E-state index contributed by atoms with van der Waals surface area (Å²) in [5.41, 5.74) is 2.37. The highest BCUT2D eigenvalue weighted by Crippen LogP contribution is 2.55. The maximum atomic E-state index is 13.7. The molecule has 2 saturated heterocycles. The number of rotatable bonds is 5. The maximum absolute atomic E-state index is 13.7.